The number of nitrogens with two attached hydrogens (primary N) is 1. The van der Waals surface area contributed by atoms with Crippen LogP contribution in [0.25, 0.3) is 0 Å². The first kappa shape index (κ1) is 18.8. The van der Waals surface area contributed by atoms with Gasteiger partial charge < -0.3 is 15.8 Å². The number of nitrogen functional groups attached to an aromatic ring is 1. The van der Waals surface area contributed by atoms with Crippen LogP contribution in [0, 0.1) is 13.8 Å². The van der Waals surface area contributed by atoms with Crippen LogP contribution in [0.15, 0.2) is 36.4 Å². The van der Waals surface area contributed by atoms with E-state index in [1.165, 1.54) is 0 Å². The van der Waals surface area contributed by atoms with E-state index in [1.54, 1.807) is 12.1 Å². The fourth-order valence-corrected chi connectivity index (χ4v) is 2.25. The van der Waals surface area contributed by atoms with Gasteiger partial charge in [0.05, 0.1) is 6.61 Å². The van der Waals surface area contributed by atoms with E-state index < -0.39 is 0 Å². The zero-order valence-corrected chi connectivity index (χ0v) is 14.5. The summed E-state index contributed by atoms with van der Waals surface area (Å²) in [6, 6.07) is 11.3. The summed E-state index contributed by atoms with van der Waals surface area (Å²) in [6.07, 6.45) is 0. The van der Waals surface area contributed by atoms with Crippen LogP contribution in [0.4, 0.5) is 5.69 Å². The van der Waals surface area contributed by atoms with Gasteiger partial charge in [0.2, 0.25) is 0 Å². The third-order valence-electron chi connectivity index (χ3n) is 3.47. The summed E-state index contributed by atoms with van der Waals surface area (Å²) in [5.74, 6) is 0.680. The van der Waals surface area contributed by atoms with Gasteiger partial charge in [-0.3, -0.25) is 4.79 Å². The van der Waals surface area contributed by atoms with Gasteiger partial charge in [-0.25, -0.2) is 0 Å². The number of halogens is 1. The first-order chi connectivity index (χ1) is 10.5. The number of amides is 1. The van der Waals surface area contributed by atoms with Crippen LogP contribution in [-0.2, 0) is 6.54 Å². The Morgan fingerprint density at radius 2 is 1.91 bits per heavy atom. The summed E-state index contributed by atoms with van der Waals surface area (Å²) in [5, 5.41) is 2.93. The maximum atomic E-state index is 12.3. The van der Waals surface area contributed by atoms with Crippen molar-refractivity contribution in [3.63, 3.8) is 0 Å². The Hall–Kier alpha value is -2.20. The first-order valence-electron chi connectivity index (χ1n) is 7.38. The van der Waals surface area contributed by atoms with Crippen molar-refractivity contribution in [1.82, 2.24) is 5.32 Å². The van der Waals surface area contributed by atoms with Crippen LogP contribution in [-0.4, -0.2) is 12.5 Å². The molecular formula is C18H23ClN2O2. The third kappa shape index (κ3) is 4.89. The van der Waals surface area contributed by atoms with Crippen LogP contribution in [0.2, 0.25) is 0 Å². The Bertz CT molecular complexity index is 687. The molecule has 124 valence electrons. The fourth-order valence-electron chi connectivity index (χ4n) is 2.25. The molecule has 0 aromatic heterocycles. The highest BCUT2D eigenvalue weighted by Crippen LogP contribution is 2.20. The predicted molar refractivity (Wildman–Crippen MR) is 96.4 cm³/mol. The Labute approximate surface area is 143 Å². The van der Waals surface area contributed by atoms with Crippen LogP contribution in [0.3, 0.4) is 0 Å². The van der Waals surface area contributed by atoms with Crippen molar-refractivity contribution < 1.29 is 9.53 Å². The Balaban J connectivity index is 0.00000264. The lowest BCUT2D eigenvalue weighted by Gasteiger charge is -2.13. The van der Waals surface area contributed by atoms with Gasteiger partial charge in [-0.05, 0) is 50.1 Å². The number of carbonyl (C=O) groups excluding carboxylic acids is 1. The van der Waals surface area contributed by atoms with Gasteiger partial charge >= 0.3 is 0 Å². The number of benzene rings is 2. The largest absolute Gasteiger partial charge is 0.494 e. The number of aryl methyl sites for hydroxylation is 2. The molecule has 4 nitrogen and oxygen atoms in total. The predicted octanol–water partition coefficient (Wildman–Crippen LogP) is 3.64. The van der Waals surface area contributed by atoms with Gasteiger partial charge in [-0.15, -0.1) is 12.4 Å². The molecule has 0 fully saturated rings. The quantitative estimate of drug-likeness (QED) is 0.820. The molecule has 23 heavy (non-hydrogen) atoms. The number of ether oxygens (including phenoxy) is 1. The summed E-state index contributed by atoms with van der Waals surface area (Å²) in [6.45, 7) is 6.87. The molecular weight excluding hydrogens is 312 g/mol. The van der Waals surface area contributed by atoms with E-state index in [-0.39, 0.29) is 18.3 Å². The van der Waals surface area contributed by atoms with Gasteiger partial charge in [0, 0.05) is 23.4 Å². The average molecular weight is 335 g/mol. The molecule has 2 aromatic carbocycles. The number of nitrogens with one attached hydrogen (secondary N) is 1. The van der Waals surface area contributed by atoms with E-state index in [2.05, 4.69) is 5.32 Å². The standard InChI is InChI=1S/C18H22N2O2.ClH/c1-4-22-17-9-12(2)5-7-14(17)11-20-18(21)16-10-15(19)8-6-13(16)3;/h5-10H,4,11,19H2,1-3H3,(H,20,21);1H. The molecule has 0 atom stereocenters. The lowest BCUT2D eigenvalue weighted by atomic mass is 10.1. The maximum absolute atomic E-state index is 12.3. The number of hydrogen-bond acceptors (Lipinski definition) is 3. The van der Waals surface area contributed by atoms with Gasteiger partial charge in [-0.1, -0.05) is 18.2 Å². The molecule has 3 N–H and O–H groups in total. The van der Waals surface area contributed by atoms with Crippen molar-refractivity contribution in [2.24, 2.45) is 0 Å². The molecule has 2 rings (SSSR count). The zero-order valence-electron chi connectivity index (χ0n) is 13.7. The van der Waals surface area contributed by atoms with Crippen LogP contribution < -0.4 is 15.8 Å². The molecule has 0 bridgehead atoms. The van der Waals surface area contributed by atoms with Crippen molar-refractivity contribution in [3.05, 3.63) is 58.7 Å². The minimum Gasteiger partial charge on any atom is -0.494 e. The van der Waals surface area contributed by atoms with Gasteiger partial charge in [-0.2, -0.15) is 0 Å². The average Bonchev–Trinajstić information content (AvgIpc) is 2.49. The second-order valence-corrected chi connectivity index (χ2v) is 5.30. The molecule has 0 aliphatic rings. The molecule has 0 aliphatic carbocycles. The zero-order chi connectivity index (χ0) is 16.1. The summed E-state index contributed by atoms with van der Waals surface area (Å²) < 4.78 is 5.63. The summed E-state index contributed by atoms with van der Waals surface area (Å²) in [4.78, 5) is 12.3. The lowest BCUT2D eigenvalue weighted by Crippen LogP contribution is -2.24. The first-order valence-corrected chi connectivity index (χ1v) is 7.38. The van der Waals surface area contributed by atoms with Crippen LogP contribution in [0.5, 0.6) is 5.75 Å². The highest BCUT2D eigenvalue weighted by Gasteiger charge is 2.11. The lowest BCUT2D eigenvalue weighted by molar-refractivity contribution is 0.0950. The van der Waals surface area contributed by atoms with Gasteiger partial charge in [0.1, 0.15) is 5.75 Å². The molecule has 2 aromatic rings. The smallest absolute Gasteiger partial charge is 0.251 e. The molecule has 0 aliphatic heterocycles. The van der Waals surface area contributed by atoms with E-state index in [0.29, 0.717) is 24.4 Å². The Kier molecular flexibility index (Phi) is 6.91. The molecule has 0 radical (unpaired) electrons. The van der Waals surface area contributed by atoms with Crippen LogP contribution in [0.1, 0.15) is 34.0 Å². The van der Waals surface area contributed by atoms with Crippen molar-refractivity contribution in [3.8, 4) is 5.75 Å². The minimum absolute atomic E-state index is 0. The molecule has 5 heteroatoms. The van der Waals surface area contributed by atoms with Crippen molar-refractivity contribution in [2.75, 3.05) is 12.3 Å². The molecule has 0 spiro atoms. The Morgan fingerprint density at radius 1 is 1.17 bits per heavy atom. The van der Waals surface area contributed by atoms with Crippen molar-refractivity contribution >= 4 is 24.0 Å². The number of carbonyl (C=O) groups is 1. The van der Waals surface area contributed by atoms with Crippen molar-refractivity contribution in [1.29, 1.82) is 0 Å². The topological polar surface area (TPSA) is 64.3 Å². The number of anilines is 1. The van der Waals surface area contributed by atoms with E-state index in [0.717, 1.165) is 22.4 Å². The second-order valence-electron chi connectivity index (χ2n) is 5.30. The fraction of sp³-hybridized carbons (Fsp3) is 0.278. The summed E-state index contributed by atoms with van der Waals surface area (Å²) in [7, 11) is 0. The Morgan fingerprint density at radius 3 is 2.61 bits per heavy atom. The summed E-state index contributed by atoms with van der Waals surface area (Å²) in [5.41, 5.74) is 9.93. The molecule has 0 unspecified atom stereocenters. The second kappa shape index (κ2) is 8.44. The molecule has 0 saturated carbocycles. The highest BCUT2D eigenvalue weighted by molar-refractivity contribution is 5.96. The molecule has 0 heterocycles. The van der Waals surface area contributed by atoms with E-state index in [9.17, 15) is 4.79 Å². The highest BCUT2D eigenvalue weighted by atomic mass is 35.5. The van der Waals surface area contributed by atoms with Crippen molar-refractivity contribution in [2.45, 2.75) is 27.3 Å². The van der Waals surface area contributed by atoms with Crippen LogP contribution >= 0.6 is 12.4 Å². The van der Waals surface area contributed by atoms with E-state index in [4.69, 9.17) is 10.5 Å². The monoisotopic (exact) mass is 334 g/mol. The molecule has 0 saturated heterocycles. The van der Waals surface area contributed by atoms with Gasteiger partial charge in [0.25, 0.3) is 5.91 Å². The maximum Gasteiger partial charge on any atom is 0.251 e. The number of hydrogen-bond donors (Lipinski definition) is 2. The molecule has 1 amide bonds. The third-order valence-corrected chi connectivity index (χ3v) is 3.47. The van der Waals surface area contributed by atoms with Gasteiger partial charge in [0.15, 0.2) is 0 Å². The van der Waals surface area contributed by atoms with E-state index in [1.807, 2.05) is 45.0 Å². The van der Waals surface area contributed by atoms with E-state index >= 15 is 0 Å². The summed E-state index contributed by atoms with van der Waals surface area (Å²) >= 11 is 0. The number of rotatable bonds is 5. The SMILES string of the molecule is CCOc1cc(C)ccc1CNC(=O)c1cc(N)ccc1C.Cl. The normalized spacial score (nSPS) is 9.87. The minimum atomic E-state index is -0.132.